The van der Waals surface area contributed by atoms with Crippen molar-refractivity contribution >= 4 is 0 Å². The third-order valence-corrected chi connectivity index (χ3v) is 3.79. The first kappa shape index (κ1) is 14.5. The van der Waals surface area contributed by atoms with E-state index in [1.807, 2.05) is 6.92 Å². The lowest BCUT2D eigenvalue weighted by Gasteiger charge is -2.21. The smallest absolute Gasteiger partial charge is 0.101 e. The van der Waals surface area contributed by atoms with E-state index in [0.717, 1.165) is 18.8 Å². The molecule has 2 N–H and O–H groups in total. The summed E-state index contributed by atoms with van der Waals surface area (Å²) in [5.74, 6) is 0.894. The molecule has 1 saturated heterocycles. The highest BCUT2D eigenvalue weighted by Gasteiger charge is 2.17. The number of unbranched alkanes of at least 4 members (excludes halogenated alkanes) is 1. The van der Waals surface area contributed by atoms with E-state index < -0.39 is 5.54 Å². The highest BCUT2D eigenvalue weighted by Crippen LogP contribution is 2.17. The Morgan fingerprint density at radius 2 is 2.12 bits per heavy atom. The van der Waals surface area contributed by atoms with Gasteiger partial charge in [0.1, 0.15) is 5.54 Å². The normalized spacial score (nSPS) is 25.9. The summed E-state index contributed by atoms with van der Waals surface area (Å²) < 4.78 is 0. The number of likely N-dealkylation sites (tertiary alicyclic amines) is 1. The van der Waals surface area contributed by atoms with Gasteiger partial charge in [-0.05, 0) is 71.0 Å². The standard InChI is InChI=1S/C14H27N3/c1-13-6-5-10-17(11-7-13)9-4-3-8-14(2,16)12-15/h13H,3-11,16H2,1-2H3. The van der Waals surface area contributed by atoms with Crippen molar-refractivity contribution in [3.8, 4) is 6.07 Å². The minimum absolute atomic E-state index is 0.632. The summed E-state index contributed by atoms with van der Waals surface area (Å²) >= 11 is 0. The first-order valence-electron chi connectivity index (χ1n) is 6.96. The molecule has 98 valence electrons. The van der Waals surface area contributed by atoms with Crippen LogP contribution in [0, 0.1) is 17.2 Å². The van der Waals surface area contributed by atoms with E-state index in [9.17, 15) is 0 Å². The van der Waals surface area contributed by atoms with Crippen LogP contribution in [0.4, 0.5) is 0 Å². The summed E-state index contributed by atoms with van der Waals surface area (Å²) in [4.78, 5) is 2.57. The SMILES string of the molecule is CC1CCCN(CCCCC(C)(N)C#N)CC1. The van der Waals surface area contributed by atoms with Gasteiger partial charge in [0.15, 0.2) is 0 Å². The summed E-state index contributed by atoms with van der Waals surface area (Å²) in [7, 11) is 0. The fourth-order valence-electron chi connectivity index (χ4n) is 2.43. The van der Waals surface area contributed by atoms with Gasteiger partial charge in [-0.3, -0.25) is 0 Å². The first-order chi connectivity index (χ1) is 8.03. The van der Waals surface area contributed by atoms with Crippen molar-refractivity contribution in [3.63, 3.8) is 0 Å². The van der Waals surface area contributed by atoms with Crippen molar-refractivity contribution in [1.82, 2.24) is 4.90 Å². The number of nitrogens with two attached hydrogens (primary N) is 1. The molecule has 0 aromatic rings. The molecule has 3 nitrogen and oxygen atoms in total. The van der Waals surface area contributed by atoms with Gasteiger partial charge in [0.2, 0.25) is 0 Å². The summed E-state index contributed by atoms with van der Waals surface area (Å²) in [6, 6.07) is 2.16. The van der Waals surface area contributed by atoms with Crippen molar-refractivity contribution in [1.29, 1.82) is 5.26 Å². The molecule has 0 aromatic carbocycles. The van der Waals surface area contributed by atoms with E-state index in [2.05, 4.69) is 17.9 Å². The number of hydrogen-bond acceptors (Lipinski definition) is 3. The number of nitrogens with zero attached hydrogens (tertiary/aromatic N) is 2. The van der Waals surface area contributed by atoms with Crippen molar-refractivity contribution in [2.75, 3.05) is 19.6 Å². The Kier molecular flexibility index (Phi) is 5.94. The van der Waals surface area contributed by atoms with Crippen molar-refractivity contribution in [2.24, 2.45) is 11.7 Å². The van der Waals surface area contributed by atoms with Gasteiger partial charge >= 0.3 is 0 Å². The minimum atomic E-state index is -0.632. The predicted octanol–water partition coefficient (Wildman–Crippen LogP) is 2.52. The van der Waals surface area contributed by atoms with Crippen LogP contribution in [-0.4, -0.2) is 30.1 Å². The van der Waals surface area contributed by atoms with Crippen LogP contribution in [0.25, 0.3) is 0 Å². The summed E-state index contributed by atoms with van der Waals surface area (Å²) in [6.07, 6.45) is 7.11. The quantitative estimate of drug-likeness (QED) is 0.748. The monoisotopic (exact) mass is 237 g/mol. The van der Waals surface area contributed by atoms with Gasteiger partial charge in [-0.1, -0.05) is 6.92 Å². The Morgan fingerprint density at radius 1 is 1.35 bits per heavy atom. The van der Waals surface area contributed by atoms with Crippen LogP contribution >= 0.6 is 0 Å². The van der Waals surface area contributed by atoms with Gasteiger partial charge < -0.3 is 10.6 Å². The van der Waals surface area contributed by atoms with Gasteiger partial charge in [-0.2, -0.15) is 5.26 Å². The van der Waals surface area contributed by atoms with Crippen LogP contribution in [0.2, 0.25) is 0 Å². The van der Waals surface area contributed by atoms with E-state index in [-0.39, 0.29) is 0 Å². The van der Waals surface area contributed by atoms with Gasteiger partial charge in [0, 0.05) is 0 Å². The summed E-state index contributed by atoms with van der Waals surface area (Å²) in [6.45, 7) is 7.85. The summed E-state index contributed by atoms with van der Waals surface area (Å²) in [5, 5.41) is 8.82. The predicted molar refractivity (Wildman–Crippen MR) is 71.5 cm³/mol. The van der Waals surface area contributed by atoms with Crippen LogP contribution < -0.4 is 5.73 Å². The lowest BCUT2D eigenvalue weighted by Crippen LogP contribution is -2.34. The molecular weight excluding hydrogens is 210 g/mol. The number of rotatable bonds is 5. The molecule has 17 heavy (non-hydrogen) atoms. The molecule has 0 spiro atoms. The van der Waals surface area contributed by atoms with Crippen LogP contribution in [0.5, 0.6) is 0 Å². The van der Waals surface area contributed by atoms with Crippen molar-refractivity contribution in [2.45, 2.75) is 57.9 Å². The zero-order chi connectivity index (χ0) is 12.7. The van der Waals surface area contributed by atoms with E-state index in [0.29, 0.717) is 0 Å². The second kappa shape index (κ2) is 6.98. The number of hydrogen-bond donors (Lipinski definition) is 1. The number of nitriles is 1. The summed E-state index contributed by atoms with van der Waals surface area (Å²) in [5.41, 5.74) is 5.17. The van der Waals surface area contributed by atoms with E-state index >= 15 is 0 Å². The third kappa shape index (κ3) is 6.05. The molecule has 0 radical (unpaired) electrons. The molecule has 2 atom stereocenters. The lowest BCUT2D eigenvalue weighted by atomic mass is 9.98. The van der Waals surface area contributed by atoms with Gasteiger partial charge in [0.05, 0.1) is 6.07 Å². The Labute approximate surface area is 106 Å². The zero-order valence-electron chi connectivity index (χ0n) is 11.4. The molecule has 0 bridgehead atoms. The maximum Gasteiger partial charge on any atom is 0.101 e. The average Bonchev–Trinajstić information content (AvgIpc) is 2.50. The lowest BCUT2D eigenvalue weighted by molar-refractivity contribution is 0.272. The molecule has 3 heteroatoms. The van der Waals surface area contributed by atoms with Crippen LogP contribution in [0.1, 0.15) is 52.4 Å². The molecular formula is C14H27N3. The van der Waals surface area contributed by atoms with E-state index in [4.69, 9.17) is 11.0 Å². The van der Waals surface area contributed by atoms with Crippen LogP contribution in [0.15, 0.2) is 0 Å². The zero-order valence-corrected chi connectivity index (χ0v) is 11.4. The molecule has 1 aliphatic rings. The fraction of sp³-hybridized carbons (Fsp3) is 0.929. The minimum Gasteiger partial charge on any atom is -0.314 e. The molecule has 0 aromatic heterocycles. The second-order valence-electron chi connectivity index (χ2n) is 5.86. The van der Waals surface area contributed by atoms with Crippen molar-refractivity contribution in [3.05, 3.63) is 0 Å². The maximum absolute atomic E-state index is 8.82. The molecule has 1 rings (SSSR count). The Morgan fingerprint density at radius 3 is 2.82 bits per heavy atom. The first-order valence-corrected chi connectivity index (χ1v) is 6.96. The molecule has 1 heterocycles. The highest BCUT2D eigenvalue weighted by molar-refractivity contribution is 5.00. The molecule has 1 fully saturated rings. The molecule has 2 unspecified atom stereocenters. The largest absolute Gasteiger partial charge is 0.314 e. The van der Waals surface area contributed by atoms with Gasteiger partial charge in [-0.25, -0.2) is 0 Å². The van der Waals surface area contributed by atoms with Crippen LogP contribution in [0.3, 0.4) is 0 Å². The molecule has 0 amide bonds. The van der Waals surface area contributed by atoms with Gasteiger partial charge in [0.25, 0.3) is 0 Å². The Balaban J connectivity index is 2.12. The van der Waals surface area contributed by atoms with Crippen molar-refractivity contribution < 1.29 is 0 Å². The second-order valence-corrected chi connectivity index (χ2v) is 5.86. The molecule has 1 aliphatic heterocycles. The average molecular weight is 237 g/mol. The Hall–Kier alpha value is -0.590. The molecule has 0 saturated carbocycles. The van der Waals surface area contributed by atoms with E-state index in [1.54, 1.807) is 0 Å². The molecule has 0 aliphatic carbocycles. The van der Waals surface area contributed by atoms with E-state index in [1.165, 1.54) is 45.3 Å². The van der Waals surface area contributed by atoms with Crippen LogP contribution in [-0.2, 0) is 0 Å². The highest BCUT2D eigenvalue weighted by atomic mass is 15.1. The van der Waals surface area contributed by atoms with Gasteiger partial charge in [-0.15, -0.1) is 0 Å². The topological polar surface area (TPSA) is 53.0 Å². The Bertz CT molecular complexity index is 255. The third-order valence-electron chi connectivity index (χ3n) is 3.79. The fourth-order valence-corrected chi connectivity index (χ4v) is 2.43. The maximum atomic E-state index is 8.82.